The number of benzene rings is 2. The first-order valence-corrected chi connectivity index (χ1v) is 14.0. The zero-order valence-electron chi connectivity index (χ0n) is 23.3. The molecule has 17 heteroatoms. The first kappa shape index (κ1) is 35.1. The van der Waals surface area contributed by atoms with Gasteiger partial charge in [0.1, 0.15) is 11.9 Å². The third-order valence-corrected chi connectivity index (χ3v) is 7.56. The summed E-state index contributed by atoms with van der Waals surface area (Å²) in [6, 6.07) is 12.1. The number of carbonyl (C=O) groups excluding carboxylic acids is 2. The number of alkyl halides is 3. The van der Waals surface area contributed by atoms with Crippen molar-refractivity contribution in [1.82, 2.24) is 15.1 Å². The zero-order chi connectivity index (χ0) is 32.5. The molecule has 43 heavy (non-hydrogen) atoms. The average Bonchev–Trinajstić information content (AvgIpc) is 3.29. The average molecular weight is 632 g/mol. The Bertz CT molecular complexity index is 1420. The van der Waals surface area contributed by atoms with Crippen LogP contribution in [0, 0.1) is 12.3 Å². The Labute approximate surface area is 245 Å². The van der Waals surface area contributed by atoms with Gasteiger partial charge in [-0.15, -0.1) is 0 Å². The lowest BCUT2D eigenvalue weighted by Crippen LogP contribution is -2.49. The van der Waals surface area contributed by atoms with Gasteiger partial charge in [0.15, 0.2) is 0 Å². The molecule has 1 aliphatic heterocycles. The molecule has 1 heterocycles. The number of methoxy groups -OCH3 is 1. The van der Waals surface area contributed by atoms with Gasteiger partial charge in [0, 0.05) is 19.2 Å². The number of nitrogens with zero attached hydrogens (tertiary/aromatic N) is 1. The number of halogens is 3. The second-order valence-electron chi connectivity index (χ2n) is 9.39. The van der Waals surface area contributed by atoms with Gasteiger partial charge in [-0.2, -0.15) is 23.0 Å². The molecule has 0 aromatic heterocycles. The van der Waals surface area contributed by atoms with Gasteiger partial charge in [-0.1, -0.05) is 36.4 Å². The summed E-state index contributed by atoms with van der Waals surface area (Å²) in [4.78, 5) is 39.5. The Morgan fingerprint density at radius 2 is 1.81 bits per heavy atom. The molecular weight excluding hydrogens is 599 g/mol. The van der Waals surface area contributed by atoms with Gasteiger partial charge < -0.3 is 20.9 Å². The molecule has 1 saturated heterocycles. The van der Waals surface area contributed by atoms with E-state index in [1.807, 2.05) is 12.1 Å². The van der Waals surface area contributed by atoms with Crippen molar-refractivity contribution in [1.29, 1.82) is 5.41 Å². The first-order valence-electron chi connectivity index (χ1n) is 12.5. The van der Waals surface area contributed by atoms with Gasteiger partial charge in [0.25, 0.3) is 0 Å². The Hall–Kier alpha value is -4.06. The maximum atomic E-state index is 12.7. The Balaban J connectivity index is 0.000000821. The van der Waals surface area contributed by atoms with Crippen molar-refractivity contribution in [2.75, 3.05) is 20.7 Å². The summed E-state index contributed by atoms with van der Waals surface area (Å²) < 4.78 is 64.2. The van der Waals surface area contributed by atoms with Crippen molar-refractivity contribution < 1.29 is 50.7 Å². The van der Waals surface area contributed by atoms with E-state index in [2.05, 4.69) is 10.0 Å². The summed E-state index contributed by atoms with van der Waals surface area (Å²) in [5.41, 5.74) is 7.83. The van der Waals surface area contributed by atoms with Gasteiger partial charge in [0.2, 0.25) is 15.9 Å². The minimum absolute atomic E-state index is 0.00694. The van der Waals surface area contributed by atoms with Crippen LogP contribution in [0.4, 0.5) is 13.2 Å². The van der Waals surface area contributed by atoms with Crippen molar-refractivity contribution in [3.63, 3.8) is 0 Å². The summed E-state index contributed by atoms with van der Waals surface area (Å²) >= 11 is 0. The molecule has 3 atom stereocenters. The zero-order valence-corrected chi connectivity index (χ0v) is 24.2. The summed E-state index contributed by atoms with van der Waals surface area (Å²) in [5, 5.41) is 18.9. The maximum Gasteiger partial charge on any atom is 0.490 e. The summed E-state index contributed by atoms with van der Waals surface area (Å²) in [5.74, 6) is -3.99. The third-order valence-electron chi connectivity index (χ3n) is 6.09. The number of aryl methyl sites for hydroxylation is 1. The van der Waals surface area contributed by atoms with Crippen molar-refractivity contribution >= 4 is 33.7 Å². The van der Waals surface area contributed by atoms with Gasteiger partial charge in [-0.05, 0) is 36.6 Å². The van der Waals surface area contributed by atoms with Crippen molar-refractivity contribution in [3.8, 4) is 0 Å². The van der Waals surface area contributed by atoms with Gasteiger partial charge in [-0.25, -0.2) is 13.2 Å². The molecule has 1 fully saturated rings. The largest absolute Gasteiger partial charge is 0.490 e. The van der Waals surface area contributed by atoms with Crippen molar-refractivity contribution in [3.05, 3.63) is 65.2 Å². The number of aliphatic carboxylic acids is 1. The number of hydrogen-bond acceptors (Lipinski definition) is 9. The van der Waals surface area contributed by atoms with E-state index in [0.717, 1.165) is 18.2 Å². The SMILES string of the molecule is COC(=O)[C@H](CNC(=O)C[C@H]1C[C@@H](c2ccc(C(=N)N)cc2)N(C)O1)NS(=O)(=O)c1cccc(C)c1.O=C(O)C(F)(F)F. The number of hydrogen-bond donors (Lipinski definition) is 5. The minimum Gasteiger partial charge on any atom is -0.475 e. The lowest BCUT2D eigenvalue weighted by atomic mass is 9.99. The van der Waals surface area contributed by atoms with Crippen LogP contribution in [0.3, 0.4) is 0 Å². The smallest absolute Gasteiger partial charge is 0.475 e. The van der Waals surface area contributed by atoms with E-state index < -0.39 is 46.2 Å². The lowest BCUT2D eigenvalue weighted by molar-refractivity contribution is -0.192. The van der Waals surface area contributed by atoms with Gasteiger partial charge in [-0.3, -0.25) is 19.8 Å². The van der Waals surface area contributed by atoms with Crippen molar-refractivity contribution in [2.24, 2.45) is 5.73 Å². The number of nitrogens with two attached hydrogens (primary N) is 1. The molecule has 2 aromatic carbocycles. The Morgan fingerprint density at radius 3 is 2.33 bits per heavy atom. The van der Waals surface area contributed by atoms with E-state index in [9.17, 15) is 31.2 Å². The Kier molecular flexibility index (Phi) is 12.2. The fourth-order valence-electron chi connectivity index (χ4n) is 3.95. The fourth-order valence-corrected chi connectivity index (χ4v) is 5.24. The predicted octanol–water partition coefficient (Wildman–Crippen LogP) is 1.62. The molecule has 1 aliphatic rings. The number of nitrogen functional groups attached to an aromatic ring is 1. The highest BCUT2D eigenvalue weighted by Gasteiger charge is 2.38. The van der Waals surface area contributed by atoms with Crippen LogP contribution in [0.5, 0.6) is 0 Å². The predicted molar refractivity (Wildman–Crippen MR) is 146 cm³/mol. The molecule has 3 rings (SSSR count). The monoisotopic (exact) mass is 631 g/mol. The highest BCUT2D eigenvalue weighted by Crippen LogP contribution is 2.34. The normalized spacial score (nSPS) is 17.7. The van der Waals surface area contributed by atoms with E-state index in [4.69, 9.17) is 30.6 Å². The number of nitrogens with one attached hydrogen (secondary N) is 3. The molecule has 0 aliphatic carbocycles. The molecule has 0 bridgehead atoms. The highest BCUT2D eigenvalue weighted by atomic mass is 32.2. The van der Waals surface area contributed by atoms with Crippen LogP contribution < -0.4 is 15.8 Å². The molecule has 0 radical (unpaired) electrons. The number of rotatable bonds is 10. The van der Waals surface area contributed by atoms with Crippen LogP contribution in [0.15, 0.2) is 53.4 Å². The number of esters is 1. The minimum atomic E-state index is -5.08. The van der Waals surface area contributed by atoms with Crippen LogP contribution in [-0.4, -0.2) is 81.3 Å². The number of carbonyl (C=O) groups is 3. The quantitative estimate of drug-likeness (QED) is 0.146. The van der Waals surface area contributed by atoms with E-state index in [1.165, 1.54) is 12.1 Å². The molecule has 0 saturated carbocycles. The van der Waals surface area contributed by atoms with E-state index in [0.29, 0.717) is 12.0 Å². The summed E-state index contributed by atoms with van der Waals surface area (Å²) in [6.07, 6.45) is -4.93. The summed E-state index contributed by atoms with van der Waals surface area (Å²) in [6.45, 7) is 1.47. The lowest BCUT2D eigenvalue weighted by Gasteiger charge is -2.18. The molecule has 236 valence electrons. The van der Waals surface area contributed by atoms with E-state index >= 15 is 0 Å². The number of amides is 1. The fraction of sp³-hybridized carbons (Fsp3) is 0.385. The van der Waals surface area contributed by atoms with Crippen LogP contribution in [0.25, 0.3) is 0 Å². The molecular formula is C26H32F3N5O8S. The highest BCUT2D eigenvalue weighted by molar-refractivity contribution is 7.89. The van der Waals surface area contributed by atoms with Crippen LogP contribution in [-0.2, 0) is 34.0 Å². The summed E-state index contributed by atoms with van der Waals surface area (Å²) in [7, 11) is -1.10. The number of carboxylic acid groups (broad SMARTS) is 1. The van der Waals surface area contributed by atoms with Gasteiger partial charge in [0.05, 0.1) is 30.6 Å². The van der Waals surface area contributed by atoms with Crippen LogP contribution in [0.2, 0.25) is 0 Å². The topological polar surface area (TPSA) is 201 Å². The van der Waals surface area contributed by atoms with Crippen molar-refractivity contribution in [2.45, 2.75) is 49.0 Å². The molecule has 1 amide bonds. The molecule has 13 nitrogen and oxygen atoms in total. The molecule has 0 spiro atoms. The van der Waals surface area contributed by atoms with Gasteiger partial charge >= 0.3 is 18.1 Å². The standard InChI is InChI=1S/C24H31N5O6S.C2HF3O2/c1-15-5-4-6-19(11-15)36(32,33)28-20(24(31)34-3)14-27-22(30)13-18-12-21(29(2)35-18)16-7-9-17(10-8-16)23(25)26;3-2(4,5)1(6)7/h4-11,18,20-21,28H,12-14H2,1-3H3,(H3,25,26)(H,27,30);(H,6,7)/t18-,20+,21+;/m1./s1. The maximum absolute atomic E-state index is 12.7. The third kappa shape index (κ3) is 10.6. The van der Waals surface area contributed by atoms with Crippen LogP contribution in [0.1, 0.15) is 35.6 Å². The Morgan fingerprint density at radius 1 is 1.21 bits per heavy atom. The first-order chi connectivity index (χ1) is 19.9. The number of amidine groups is 1. The van der Waals surface area contributed by atoms with E-state index in [1.54, 1.807) is 43.3 Å². The second-order valence-corrected chi connectivity index (χ2v) is 11.1. The van der Waals surface area contributed by atoms with Crippen LogP contribution >= 0.6 is 0 Å². The second kappa shape index (κ2) is 14.9. The number of sulfonamides is 1. The number of hydroxylamine groups is 2. The molecule has 6 N–H and O–H groups in total. The van der Waals surface area contributed by atoms with E-state index in [-0.39, 0.29) is 29.7 Å². The number of ether oxygens (including phenoxy) is 1. The molecule has 2 aromatic rings. The molecule has 0 unspecified atom stereocenters. The number of carboxylic acids is 1.